The summed E-state index contributed by atoms with van der Waals surface area (Å²) in [5, 5.41) is 9.40. The zero-order chi connectivity index (χ0) is 10.0. The van der Waals surface area contributed by atoms with Crippen LogP contribution in [0.1, 0.15) is 18.5 Å². The van der Waals surface area contributed by atoms with Gasteiger partial charge in [-0.05, 0) is 24.6 Å². The molecule has 0 aliphatic heterocycles. The Labute approximate surface area is 85.6 Å². The van der Waals surface area contributed by atoms with Gasteiger partial charge in [-0.25, -0.2) is 0 Å². The van der Waals surface area contributed by atoms with Gasteiger partial charge in [0.05, 0.1) is 7.11 Å². The van der Waals surface area contributed by atoms with Gasteiger partial charge in [0.2, 0.25) is 0 Å². The number of hydrogen-bond donors (Lipinski definition) is 2. The molecule has 0 aliphatic rings. The first-order valence-corrected chi connectivity index (χ1v) is 4.67. The van der Waals surface area contributed by atoms with Gasteiger partial charge in [0, 0.05) is 10.5 Å². The summed E-state index contributed by atoms with van der Waals surface area (Å²) in [6.07, 6.45) is 0. The minimum Gasteiger partial charge on any atom is -0.504 e. The third kappa shape index (κ3) is 2.14. The standard InChI is InChI=1S/C9H12BrNO2/c1-5(11)6-3-9(13-2)8(12)4-7(6)10/h3-5,12H,11H2,1-2H3/t5-/m1/s1. The summed E-state index contributed by atoms with van der Waals surface area (Å²) >= 11 is 3.32. The third-order valence-electron chi connectivity index (χ3n) is 1.79. The van der Waals surface area contributed by atoms with E-state index < -0.39 is 0 Å². The molecule has 0 unspecified atom stereocenters. The number of hydrogen-bond acceptors (Lipinski definition) is 3. The van der Waals surface area contributed by atoms with Gasteiger partial charge in [0.15, 0.2) is 11.5 Å². The Hall–Kier alpha value is -0.740. The number of methoxy groups -OCH3 is 1. The van der Waals surface area contributed by atoms with E-state index in [0.29, 0.717) is 5.75 Å². The number of phenols is 1. The summed E-state index contributed by atoms with van der Waals surface area (Å²) in [6.45, 7) is 1.87. The molecule has 4 heteroatoms. The Bertz CT molecular complexity index is 313. The van der Waals surface area contributed by atoms with Gasteiger partial charge in [-0.2, -0.15) is 0 Å². The summed E-state index contributed by atoms with van der Waals surface area (Å²) in [7, 11) is 1.51. The SMILES string of the molecule is COc1cc([C@@H](C)N)c(Br)cc1O. The Kier molecular flexibility index (Phi) is 3.17. The van der Waals surface area contributed by atoms with Crippen molar-refractivity contribution in [2.24, 2.45) is 5.73 Å². The highest BCUT2D eigenvalue weighted by molar-refractivity contribution is 9.10. The molecule has 1 aromatic carbocycles. The van der Waals surface area contributed by atoms with Crippen molar-refractivity contribution >= 4 is 15.9 Å². The number of benzene rings is 1. The van der Waals surface area contributed by atoms with E-state index in [4.69, 9.17) is 10.5 Å². The molecule has 1 rings (SSSR count). The first-order valence-electron chi connectivity index (χ1n) is 3.88. The van der Waals surface area contributed by atoms with Gasteiger partial charge in [0.25, 0.3) is 0 Å². The van der Waals surface area contributed by atoms with E-state index in [0.717, 1.165) is 10.0 Å². The first-order chi connectivity index (χ1) is 6.06. The monoisotopic (exact) mass is 245 g/mol. The molecule has 0 saturated heterocycles. The zero-order valence-corrected chi connectivity index (χ0v) is 9.13. The van der Waals surface area contributed by atoms with Crippen molar-refractivity contribution in [3.05, 3.63) is 22.2 Å². The molecule has 0 aliphatic carbocycles. The molecule has 3 N–H and O–H groups in total. The van der Waals surface area contributed by atoms with E-state index >= 15 is 0 Å². The van der Waals surface area contributed by atoms with Crippen molar-refractivity contribution in [3.63, 3.8) is 0 Å². The van der Waals surface area contributed by atoms with Gasteiger partial charge in [-0.1, -0.05) is 15.9 Å². The molecule has 13 heavy (non-hydrogen) atoms. The second kappa shape index (κ2) is 3.98. The molecular weight excluding hydrogens is 234 g/mol. The number of nitrogens with two attached hydrogens (primary N) is 1. The number of phenolic OH excluding ortho intramolecular Hbond substituents is 1. The molecule has 0 aromatic heterocycles. The Morgan fingerprint density at radius 3 is 2.62 bits per heavy atom. The maximum absolute atomic E-state index is 9.40. The number of rotatable bonds is 2. The average Bonchev–Trinajstić information content (AvgIpc) is 2.03. The van der Waals surface area contributed by atoms with Crippen LogP contribution < -0.4 is 10.5 Å². The molecule has 0 saturated carbocycles. The topological polar surface area (TPSA) is 55.5 Å². The smallest absolute Gasteiger partial charge is 0.160 e. The molecule has 0 spiro atoms. The molecule has 1 aromatic rings. The molecule has 1 atom stereocenters. The minimum atomic E-state index is -0.0936. The van der Waals surface area contributed by atoms with Gasteiger partial charge in [-0.3, -0.25) is 0 Å². The summed E-state index contributed by atoms with van der Waals surface area (Å²) in [5.74, 6) is 0.550. The Morgan fingerprint density at radius 2 is 2.15 bits per heavy atom. The van der Waals surface area contributed by atoms with Crippen LogP contribution >= 0.6 is 15.9 Å². The molecule has 72 valence electrons. The highest BCUT2D eigenvalue weighted by Crippen LogP contribution is 2.34. The average molecular weight is 246 g/mol. The predicted octanol–water partition coefficient (Wildman–Crippen LogP) is 2.18. The van der Waals surface area contributed by atoms with Crippen LogP contribution in [-0.4, -0.2) is 12.2 Å². The molecule has 0 fully saturated rings. The summed E-state index contributed by atoms with van der Waals surface area (Å²) in [5.41, 5.74) is 6.63. The van der Waals surface area contributed by atoms with Crippen molar-refractivity contribution in [1.82, 2.24) is 0 Å². The quantitative estimate of drug-likeness (QED) is 0.840. The largest absolute Gasteiger partial charge is 0.504 e. The van der Waals surface area contributed by atoms with Crippen molar-refractivity contribution in [2.45, 2.75) is 13.0 Å². The first kappa shape index (κ1) is 10.3. The predicted molar refractivity (Wildman–Crippen MR) is 55.0 cm³/mol. The normalized spacial score (nSPS) is 12.6. The van der Waals surface area contributed by atoms with Crippen molar-refractivity contribution < 1.29 is 9.84 Å². The van der Waals surface area contributed by atoms with E-state index in [1.54, 1.807) is 12.1 Å². The van der Waals surface area contributed by atoms with Crippen LogP contribution in [0.3, 0.4) is 0 Å². The fraction of sp³-hybridized carbons (Fsp3) is 0.333. The second-order valence-electron chi connectivity index (χ2n) is 2.83. The van der Waals surface area contributed by atoms with Crippen LogP contribution in [0.25, 0.3) is 0 Å². The highest BCUT2D eigenvalue weighted by Gasteiger charge is 2.10. The van der Waals surface area contributed by atoms with E-state index in [1.165, 1.54) is 7.11 Å². The molecular formula is C9H12BrNO2. The van der Waals surface area contributed by atoms with Crippen LogP contribution in [0, 0.1) is 0 Å². The van der Waals surface area contributed by atoms with Crippen LogP contribution in [0.2, 0.25) is 0 Å². The van der Waals surface area contributed by atoms with Crippen LogP contribution in [-0.2, 0) is 0 Å². The van der Waals surface area contributed by atoms with E-state index in [-0.39, 0.29) is 11.8 Å². The maximum Gasteiger partial charge on any atom is 0.160 e. The van der Waals surface area contributed by atoms with Crippen LogP contribution in [0.15, 0.2) is 16.6 Å². The van der Waals surface area contributed by atoms with E-state index in [1.807, 2.05) is 6.92 Å². The molecule has 0 amide bonds. The lowest BCUT2D eigenvalue weighted by molar-refractivity contribution is 0.372. The molecule has 0 heterocycles. The minimum absolute atomic E-state index is 0.0936. The van der Waals surface area contributed by atoms with Gasteiger partial charge >= 0.3 is 0 Å². The number of aromatic hydroxyl groups is 1. The molecule has 0 radical (unpaired) electrons. The van der Waals surface area contributed by atoms with E-state index in [2.05, 4.69) is 15.9 Å². The molecule has 3 nitrogen and oxygen atoms in total. The van der Waals surface area contributed by atoms with Gasteiger partial charge in [-0.15, -0.1) is 0 Å². The lowest BCUT2D eigenvalue weighted by Gasteiger charge is -2.11. The van der Waals surface area contributed by atoms with Crippen molar-refractivity contribution in [3.8, 4) is 11.5 Å². The Morgan fingerprint density at radius 1 is 1.54 bits per heavy atom. The fourth-order valence-corrected chi connectivity index (χ4v) is 1.76. The lowest BCUT2D eigenvalue weighted by Crippen LogP contribution is -2.06. The van der Waals surface area contributed by atoms with Crippen LogP contribution in [0.5, 0.6) is 11.5 Å². The zero-order valence-electron chi connectivity index (χ0n) is 7.54. The van der Waals surface area contributed by atoms with Gasteiger partial charge < -0.3 is 15.6 Å². The van der Waals surface area contributed by atoms with Crippen molar-refractivity contribution in [2.75, 3.05) is 7.11 Å². The number of ether oxygens (including phenoxy) is 1. The molecule has 0 bridgehead atoms. The highest BCUT2D eigenvalue weighted by atomic mass is 79.9. The summed E-state index contributed by atoms with van der Waals surface area (Å²) in [4.78, 5) is 0. The van der Waals surface area contributed by atoms with Gasteiger partial charge in [0.1, 0.15) is 0 Å². The summed E-state index contributed by atoms with van der Waals surface area (Å²) < 4.78 is 5.76. The fourth-order valence-electron chi connectivity index (χ4n) is 1.07. The lowest BCUT2D eigenvalue weighted by atomic mass is 10.1. The van der Waals surface area contributed by atoms with E-state index in [9.17, 15) is 5.11 Å². The van der Waals surface area contributed by atoms with Crippen molar-refractivity contribution in [1.29, 1.82) is 0 Å². The Balaban J connectivity index is 3.22. The second-order valence-corrected chi connectivity index (χ2v) is 3.69. The maximum atomic E-state index is 9.40. The third-order valence-corrected chi connectivity index (χ3v) is 2.48. The van der Waals surface area contributed by atoms with Crippen LogP contribution in [0.4, 0.5) is 0 Å². The number of halogens is 1. The summed E-state index contributed by atoms with van der Waals surface area (Å²) in [6, 6.07) is 3.21.